The molecule has 238 valence electrons. The summed E-state index contributed by atoms with van der Waals surface area (Å²) < 4.78 is 21.3. The van der Waals surface area contributed by atoms with Crippen molar-refractivity contribution in [2.75, 3.05) is 26.1 Å². The van der Waals surface area contributed by atoms with Gasteiger partial charge in [0.25, 0.3) is 0 Å². The standard InChI is InChI=1S/C35H36ClN5O4S/c1-20-31-29(39-41(20)3)18-44-17-22(37)15-23(38)19-46-24-14-21-8-5-6-9-25(21)30(16-24)45-13-7-10-26-27-11-12-28(36)32(31)33(27)40(2)34(26)35(42)43-4/h5-6,8-9,11-12,14-16,37H,7,10,13,17-19,38H2,1-4H3. The van der Waals surface area contributed by atoms with Crippen LogP contribution in [-0.4, -0.2) is 52.1 Å². The lowest BCUT2D eigenvalue weighted by Gasteiger charge is -2.13. The number of methoxy groups -OCH3 is 1. The number of carbonyl (C=O) groups is 1. The van der Waals surface area contributed by atoms with Gasteiger partial charge in [0.1, 0.15) is 11.4 Å². The molecule has 3 aromatic carbocycles. The van der Waals surface area contributed by atoms with Gasteiger partial charge in [-0.25, -0.2) is 4.79 Å². The van der Waals surface area contributed by atoms with Gasteiger partial charge in [-0.05, 0) is 55.0 Å². The molecule has 0 radical (unpaired) electrons. The molecule has 0 unspecified atom stereocenters. The Kier molecular flexibility index (Phi) is 9.13. The van der Waals surface area contributed by atoms with Crippen molar-refractivity contribution < 1.29 is 19.0 Å². The van der Waals surface area contributed by atoms with Gasteiger partial charge in [0.2, 0.25) is 0 Å². The molecule has 6 rings (SSSR count). The maximum Gasteiger partial charge on any atom is 0.354 e. The largest absolute Gasteiger partial charge is 0.493 e. The van der Waals surface area contributed by atoms with Crippen LogP contribution in [0, 0.1) is 12.3 Å². The molecule has 0 saturated heterocycles. The minimum atomic E-state index is -0.417. The fourth-order valence-corrected chi connectivity index (χ4v) is 7.23. The van der Waals surface area contributed by atoms with Gasteiger partial charge in [0.15, 0.2) is 0 Å². The molecule has 1 aliphatic rings. The monoisotopic (exact) mass is 657 g/mol. The van der Waals surface area contributed by atoms with E-state index < -0.39 is 5.97 Å². The van der Waals surface area contributed by atoms with Gasteiger partial charge in [0.05, 0.1) is 48.9 Å². The second-order valence-corrected chi connectivity index (χ2v) is 12.8. The van der Waals surface area contributed by atoms with Crippen molar-refractivity contribution in [2.45, 2.75) is 31.3 Å². The molecule has 3 N–H and O–H groups in total. The third-order valence-electron chi connectivity index (χ3n) is 8.33. The van der Waals surface area contributed by atoms with Crippen LogP contribution in [0.25, 0.3) is 32.8 Å². The Hall–Kier alpha value is -4.25. The fraction of sp³-hybridized carbons (Fsp3) is 0.286. The van der Waals surface area contributed by atoms with Crippen LogP contribution in [0.2, 0.25) is 5.02 Å². The molecule has 0 atom stereocenters. The van der Waals surface area contributed by atoms with Crippen molar-refractivity contribution >= 4 is 56.7 Å². The number of benzene rings is 3. The molecule has 2 aromatic heterocycles. The number of nitrogens with zero attached hydrogens (tertiary/aromatic N) is 3. The Labute approximate surface area is 276 Å². The van der Waals surface area contributed by atoms with Gasteiger partial charge in [0, 0.05) is 58.0 Å². The number of rotatable bonds is 1. The third-order valence-corrected chi connectivity index (χ3v) is 9.69. The molecule has 11 heteroatoms. The van der Waals surface area contributed by atoms with Gasteiger partial charge in [-0.1, -0.05) is 41.9 Å². The first-order valence-corrected chi connectivity index (χ1v) is 16.3. The maximum absolute atomic E-state index is 13.2. The predicted octanol–water partition coefficient (Wildman–Crippen LogP) is 6.98. The van der Waals surface area contributed by atoms with Crippen LogP contribution in [-0.2, 0) is 36.6 Å². The van der Waals surface area contributed by atoms with Crippen molar-refractivity contribution in [3.05, 3.63) is 88.0 Å². The van der Waals surface area contributed by atoms with E-state index in [1.165, 1.54) is 7.11 Å². The van der Waals surface area contributed by atoms with Crippen LogP contribution in [0.4, 0.5) is 0 Å². The van der Waals surface area contributed by atoms with Gasteiger partial charge in [-0.15, -0.1) is 11.8 Å². The topological polar surface area (TPSA) is 117 Å². The highest BCUT2D eigenvalue weighted by molar-refractivity contribution is 7.99. The number of nitrogens with two attached hydrogens (primary N) is 1. The van der Waals surface area contributed by atoms with Crippen LogP contribution in [0.15, 0.2) is 65.2 Å². The minimum Gasteiger partial charge on any atom is -0.493 e. The Balaban J connectivity index is 1.48. The van der Waals surface area contributed by atoms with Gasteiger partial charge in [-0.3, -0.25) is 4.68 Å². The van der Waals surface area contributed by atoms with Crippen LogP contribution in [0.3, 0.4) is 0 Å². The molecular weight excluding hydrogens is 622 g/mol. The molecular formula is C35H36ClN5O4S. The molecule has 9 nitrogen and oxygen atoms in total. The average Bonchev–Trinajstić information content (AvgIpc) is 3.48. The first-order chi connectivity index (χ1) is 22.2. The van der Waals surface area contributed by atoms with E-state index in [2.05, 4.69) is 18.2 Å². The number of hydrogen-bond donors (Lipinski definition) is 2. The summed E-state index contributed by atoms with van der Waals surface area (Å²) in [6.45, 7) is 2.64. The van der Waals surface area contributed by atoms with Gasteiger partial charge in [-0.2, -0.15) is 5.10 Å². The van der Waals surface area contributed by atoms with E-state index >= 15 is 0 Å². The number of fused-ring (bicyclic) bond motifs is 6. The first kappa shape index (κ1) is 31.7. The van der Waals surface area contributed by atoms with E-state index in [0.717, 1.165) is 54.7 Å². The SMILES string of the molecule is COC(=O)c1c2c3ccc(Cl)c(c3n1C)-c1c(nn(C)c1C)COCC(=N)C=C(N)CSc1cc(c3ccccc3c1)OCCC2. The van der Waals surface area contributed by atoms with Crippen molar-refractivity contribution in [1.82, 2.24) is 14.3 Å². The van der Waals surface area contributed by atoms with E-state index in [1.54, 1.807) is 22.5 Å². The molecule has 1 aliphatic heterocycles. The predicted molar refractivity (Wildman–Crippen MR) is 184 cm³/mol. The van der Waals surface area contributed by atoms with Crippen LogP contribution >= 0.6 is 23.4 Å². The zero-order chi connectivity index (χ0) is 32.5. The first-order valence-electron chi connectivity index (χ1n) is 15.0. The second-order valence-electron chi connectivity index (χ2n) is 11.3. The third kappa shape index (κ3) is 6.00. The number of hydrogen-bond acceptors (Lipinski definition) is 8. The van der Waals surface area contributed by atoms with Crippen molar-refractivity contribution in [1.29, 1.82) is 5.41 Å². The highest BCUT2D eigenvalue weighted by Gasteiger charge is 2.28. The summed E-state index contributed by atoms with van der Waals surface area (Å²) in [7, 11) is 5.13. The van der Waals surface area contributed by atoms with Crippen molar-refractivity contribution in [2.24, 2.45) is 19.8 Å². The van der Waals surface area contributed by atoms with Gasteiger partial charge >= 0.3 is 5.97 Å². The number of carbonyl (C=O) groups excluding carboxylic acids is 1. The van der Waals surface area contributed by atoms with Crippen LogP contribution in [0.5, 0.6) is 5.75 Å². The van der Waals surface area contributed by atoms with E-state index in [4.69, 9.17) is 42.1 Å². The molecule has 0 fully saturated rings. The van der Waals surface area contributed by atoms with E-state index in [0.29, 0.717) is 47.3 Å². The quantitative estimate of drug-likeness (QED) is 0.187. The van der Waals surface area contributed by atoms with Crippen LogP contribution in [0.1, 0.15) is 33.9 Å². The molecule has 5 aromatic rings. The lowest BCUT2D eigenvalue weighted by molar-refractivity contribution is 0.0589. The lowest BCUT2D eigenvalue weighted by Crippen LogP contribution is -2.11. The number of esters is 1. The Bertz CT molecular complexity index is 2030. The molecule has 0 amide bonds. The second kappa shape index (κ2) is 13.2. The lowest BCUT2D eigenvalue weighted by atomic mass is 9.98. The number of thioether (sulfide) groups is 1. The molecule has 46 heavy (non-hydrogen) atoms. The fourth-order valence-electron chi connectivity index (χ4n) is 6.17. The zero-order valence-electron chi connectivity index (χ0n) is 26.3. The number of ether oxygens (including phenoxy) is 3. The zero-order valence-corrected chi connectivity index (χ0v) is 27.8. The number of halogens is 1. The average molecular weight is 658 g/mol. The molecule has 0 aliphatic carbocycles. The van der Waals surface area contributed by atoms with Crippen molar-refractivity contribution in [3.63, 3.8) is 0 Å². The summed E-state index contributed by atoms with van der Waals surface area (Å²) in [5.74, 6) is 0.882. The number of aryl methyl sites for hydroxylation is 3. The summed E-state index contributed by atoms with van der Waals surface area (Å²) >= 11 is 8.55. The van der Waals surface area contributed by atoms with E-state index in [-0.39, 0.29) is 18.9 Å². The Morgan fingerprint density at radius 2 is 1.91 bits per heavy atom. The minimum absolute atomic E-state index is 0.0626. The summed E-state index contributed by atoms with van der Waals surface area (Å²) in [4.78, 5) is 14.3. The smallest absolute Gasteiger partial charge is 0.354 e. The van der Waals surface area contributed by atoms with E-state index in [9.17, 15) is 4.79 Å². The maximum atomic E-state index is 13.2. The Morgan fingerprint density at radius 1 is 1.11 bits per heavy atom. The summed E-state index contributed by atoms with van der Waals surface area (Å²) in [5, 5.41) is 16.8. The molecule has 3 heterocycles. The highest BCUT2D eigenvalue weighted by Crippen LogP contribution is 2.42. The van der Waals surface area contributed by atoms with Crippen LogP contribution < -0.4 is 10.5 Å². The molecule has 6 bridgehead atoms. The summed E-state index contributed by atoms with van der Waals surface area (Å²) in [6, 6.07) is 16.1. The number of aromatic nitrogens is 3. The van der Waals surface area contributed by atoms with Crippen molar-refractivity contribution in [3.8, 4) is 16.9 Å². The van der Waals surface area contributed by atoms with Gasteiger partial charge < -0.3 is 29.9 Å². The number of nitrogens with one attached hydrogen (secondary N) is 1. The Morgan fingerprint density at radius 3 is 2.72 bits per heavy atom. The normalized spacial score (nSPS) is 14.9. The molecule has 0 spiro atoms. The molecule has 0 saturated carbocycles. The summed E-state index contributed by atoms with van der Waals surface area (Å²) in [5.41, 5.74) is 12.5. The van der Waals surface area contributed by atoms with E-state index in [1.807, 2.05) is 55.9 Å². The summed E-state index contributed by atoms with van der Waals surface area (Å²) in [6.07, 6.45) is 2.90. The highest BCUT2D eigenvalue weighted by atomic mass is 35.5.